The molecule has 0 aliphatic rings. The van der Waals surface area contributed by atoms with Gasteiger partial charge in [-0.3, -0.25) is 9.69 Å². The number of halogens is 3. The maximum atomic E-state index is 12.2. The first-order valence-corrected chi connectivity index (χ1v) is 5.33. The number of carbonyl (C=O) groups is 1. The van der Waals surface area contributed by atoms with E-state index in [1.54, 1.807) is 16.8 Å². The van der Waals surface area contributed by atoms with Crippen LogP contribution in [0.5, 0.6) is 0 Å². The molecule has 0 saturated carbocycles. The lowest BCUT2D eigenvalue weighted by atomic mass is 10.3. The number of hydrogen-bond donors (Lipinski definition) is 1. The van der Waals surface area contributed by atoms with E-state index in [2.05, 4.69) is 0 Å². The third kappa shape index (κ3) is 5.13. The smallest absolute Gasteiger partial charge is 0.401 e. The van der Waals surface area contributed by atoms with Gasteiger partial charge >= 0.3 is 12.1 Å². The van der Waals surface area contributed by atoms with E-state index >= 15 is 0 Å². The molecule has 0 aromatic carbocycles. The van der Waals surface area contributed by atoms with E-state index in [-0.39, 0.29) is 6.54 Å². The van der Waals surface area contributed by atoms with E-state index < -0.39 is 25.2 Å². The van der Waals surface area contributed by atoms with Crippen LogP contribution in [-0.4, -0.2) is 35.2 Å². The lowest BCUT2D eigenvalue weighted by Crippen LogP contribution is -2.37. The van der Waals surface area contributed by atoms with Gasteiger partial charge < -0.3 is 5.11 Å². The fourth-order valence-electron chi connectivity index (χ4n) is 1.25. The third-order valence-corrected chi connectivity index (χ3v) is 2.48. The SMILES string of the molecule is O=C(O)CN(Cc1ccsc1)CC(F)(F)F. The first kappa shape index (κ1) is 13.0. The summed E-state index contributed by atoms with van der Waals surface area (Å²) in [5, 5.41) is 11.9. The van der Waals surface area contributed by atoms with Gasteiger partial charge in [0, 0.05) is 6.54 Å². The molecule has 0 spiro atoms. The van der Waals surface area contributed by atoms with Crippen molar-refractivity contribution in [2.45, 2.75) is 12.7 Å². The van der Waals surface area contributed by atoms with Gasteiger partial charge in [-0.2, -0.15) is 24.5 Å². The highest BCUT2D eigenvalue weighted by Gasteiger charge is 2.31. The molecule has 16 heavy (non-hydrogen) atoms. The van der Waals surface area contributed by atoms with Crippen LogP contribution in [-0.2, 0) is 11.3 Å². The van der Waals surface area contributed by atoms with Crippen LogP contribution in [0.3, 0.4) is 0 Å². The molecule has 0 amide bonds. The Morgan fingerprint density at radius 1 is 1.50 bits per heavy atom. The van der Waals surface area contributed by atoms with Crippen molar-refractivity contribution in [2.24, 2.45) is 0 Å². The molecule has 0 fully saturated rings. The molecular weight excluding hydrogens is 243 g/mol. The van der Waals surface area contributed by atoms with Crippen molar-refractivity contribution in [1.82, 2.24) is 4.90 Å². The van der Waals surface area contributed by atoms with Gasteiger partial charge in [0.05, 0.1) is 13.1 Å². The van der Waals surface area contributed by atoms with Crippen molar-refractivity contribution < 1.29 is 23.1 Å². The molecule has 0 aliphatic carbocycles. The fraction of sp³-hybridized carbons (Fsp3) is 0.444. The maximum Gasteiger partial charge on any atom is 0.401 e. The Hall–Kier alpha value is -1.08. The normalized spacial score (nSPS) is 12.0. The molecule has 0 atom stereocenters. The van der Waals surface area contributed by atoms with E-state index in [0.29, 0.717) is 5.56 Å². The average molecular weight is 253 g/mol. The van der Waals surface area contributed by atoms with Crippen LogP contribution in [0, 0.1) is 0 Å². The van der Waals surface area contributed by atoms with Gasteiger partial charge in [0.2, 0.25) is 0 Å². The van der Waals surface area contributed by atoms with E-state index in [9.17, 15) is 18.0 Å². The van der Waals surface area contributed by atoms with Gasteiger partial charge in [-0.1, -0.05) is 0 Å². The van der Waals surface area contributed by atoms with Gasteiger partial charge in [0.25, 0.3) is 0 Å². The quantitative estimate of drug-likeness (QED) is 0.874. The van der Waals surface area contributed by atoms with Crippen LogP contribution < -0.4 is 0 Å². The molecule has 0 saturated heterocycles. The maximum absolute atomic E-state index is 12.2. The summed E-state index contributed by atoms with van der Waals surface area (Å²) >= 11 is 1.36. The lowest BCUT2D eigenvalue weighted by Gasteiger charge is -2.21. The van der Waals surface area contributed by atoms with E-state index in [0.717, 1.165) is 4.90 Å². The number of alkyl halides is 3. The van der Waals surface area contributed by atoms with Crippen molar-refractivity contribution >= 4 is 17.3 Å². The number of rotatable bonds is 5. The number of nitrogens with zero attached hydrogens (tertiary/aromatic N) is 1. The van der Waals surface area contributed by atoms with Gasteiger partial charge in [0.15, 0.2) is 0 Å². The third-order valence-electron chi connectivity index (χ3n) is 1.75. The van der Waals surface area contributed by atoms with Gasteiger partial charge in [-0.15, -0.1) is 0 Å². The van der Waals surface area contributed by atoms with E-state index in [4.69, 9.17) is 5.11 Å². The number of carboxylic acid groups (broad SMARTS) is 1. The number of hydrogen-bond acceptors (Lipinski definition) is 3. The molecule has 0 aliphatic heterocycles. The second-order valence-corrected chi connectivity index (χ2v) is 4.07. The number of aliphatic carboxylic acids is 1. The van der Waals surface area contributed by atoms with Crippen molar-refractivity contribution in [3.8, 4) is 0 Å². The highest BCUT2D eigenvalue weighted by Crippen LogP contribution is 2.18. The van der Waals surface area contributed by atoms with Crippen LogP contribution in [0.2, 0.25) is 0 Å². The number of thiophene rings is 1. The highest BCUT2D eigenvalue weighted by atomic mass is 32.1. The topological polar surface area (TPSA) is 40.5 Å². The summed E-state index contributed by atoms with van der Waals surface area (Å²) in [5.74, 6) is -1.26. The lowest BCUT2D eigenvalue weighted by molar-refractivity contribution is -0.154. The molecular formula is C9H10F3NO2S. The first-order valence-electron chi connectivity index (χ1n) is 4.39. The highest BCUT2D eigenvalue weighted by molar-refractivity contribution is 7.07. The predicted molar refractivity (Wildman–Crippen MR) is 53.3 cm³/mol. The van der Waals surface area contributed by atoms with Crippen LogP contribution in [0.4, 0.5) is 13.2 Å². The van der Waals surface area contributed by atoms with Gasteiger partial charge in [-0.05, 0) is 22.4 Å². The van der Waals surface area contributed by atoms with Crippen LogP contribution >= 0.6 is 11.3 Å². The second kappa shape index (κ2) is 5.31. The summed E-state index contributed by atoms with van der Waals surface area (Å²) in [6, 6.07) is 1.68. The zero-order chi connectivity index (χ0) is 12.2. The molecule has 3 nitrogen and oxygen atoms in total. The summed E-state index contributed by atoms with van der Waals surface area (Å²) in [5.41, 5.74) is 0.690. The molecule has 0 bridgehead atoms. The molecule has 1 rings (SSSR count). The minimum Gasteiger partial charge on any atom is -0.480 e. The van der Waals surface area contributed by atoms with Crippen molar-refractivity contribution in [3.63, 3.8) is 0 Å². The van der Waals surface area contributed by atoms with E-state index in [1.165, 1.54) is 11.3 Å². The molecule has 1 aromatic heterocycles. The summed E-state index contributed by atoms with van der Waals surface area (Å²) in [6.07, 6.45) is -4.38. The summed E-state index contributed by atoms with van der Waals surface area (Å²) in [6.45, 7) is -1.83. The molecule has 1 aromatic rings. The standard InChI is InChI=1S/C9H10F3NO2S/c10-9(11,12)6-13(4-8(14)15)3-7-1-2-16-5-7/h1-2,5H,3-4,6H2,(H,14,15). The summed E-state index contributed by atoms with van der Waals surface area (Å²) < 4.78 is 36.5. The van der Waals surface area contributed by atoms with Crippen molar-refractivity contribution in [2.75, 3.05) is 13.1 Å². The first-order chi connectivity index (χ1) is 7.37. The van der Waals surface area contributed by atoms with Crippen LogP contribution in [0.1, 0.15) is 5.56 Å². The Kier molecular flexibility index (Phi) is 4.31. The Morgan fingerprint density at radius 2 is 2.19 bits per heavy atom. The summed E-state index contributed by atoms with van der Waals surface area (Å²) in [7, 11) is 0. The average Bonchev–Trinajstić information content (AvgIpc) is 2.51. The number of carboxylic acids is 1. The minimum absolute atomic E-state index is 0.00465. The Morgan fingerprint density at radius 3 is 2.62 bits per heavy atom. The van der Waals surface area contributed by atoms with Crippen LogP contribution in [0.15, 0.2) is 16.8 Å². The van der Waals surface area contributed by atoms with Crippen molar-refractivity contribution in [1.29, 1.82) is 0 Å². The zero-order valence-corrected chi connectivity index (χ0v) is 9.01. The summed E-state index contributed by atoms with van der Waals surface area (Å²) in [4.78, 5) is 11.3. The Bertz CT molecular complexity index is 337. The fourth-order valence-corrected chi connectivity index (χ4v) is 1.91. The predicted octanol–water partition coefficient (Wildman–Crippen LogP) is 2.20. The molecule has 90 valence electrons. The molecule has 0 unspecified atom stereocenters. The Balaban J connectivity index is 2.60. The second-order valence-electron chi connectivity index (χ2n) is 3.29. The molecule has 1 heterocycles. The van der Waals surface area contributed by atoms with Gasteiger partial charge in [0.1, 0.15) is 0 Å². The largest absolute Gasteiger partial charge is 0.480 e. The zero-order valence-electron chi connectivity index (χ0n) is 8.20. The van der Waals surface area contributed by atoms with Crippen LogP contribution in [0.25, 0.3) is 0 Å². The molecule has 7 heteroatoms. The Labute approximate surface area is 94.1 Å². The van der Waals surface area contributed by atoms with Gasteiger partial charge in [-0.25, -0.2) is 0 Å². The monoisotopic (exact) mass is 253 g/mol. The minimum atomic E-state index is -4.38. The van der Waals surface area contributed by atoms with Crippen molar-refractivity contribution in [3.05, 3.63) is 22.4 Å². The van der Waals surface area contributed by atoms with E-state index in [1.807, 2.05) is 0 Å². The molecule has 0 radical (unpaired) electrons. The molecule has 1 N–H and O–H groups in total.